The zero-order valence-electron chi connectivity index (χ0n) is 16.1. The number of sulfonamides is 1. The number of hydrogen-bond donors (Lipinski definition) is 3. The lowest BCUT2D eigenvalue weighted by atomic mass is 10.2. The van der Waals surface area contributed by atoms with Gasteiger partial charge in [0.15, 0.2) is 5.96 Å². The molecule has 6 nitrogen and oxygen atoms in total. The summed E-state index contributed by atoms with van der Waals surface area (Å²) in [5.74, 6) is 0.241. The third-order valence-electron chi connectivity index (χ3n) is 3.67. The van der Waals surface area contributed by atoms with Crippen LogP contribution in [-0.2, 0) is 23.1 Å². The summed E-state index contributed by atoms with van der Waals surface area (Å²) in [6.45, 7) is 4.46. The van der Waals surface area contributed by atoms with Crippen molar-refractivity contribution >= 4 is 40.0 Å². The van der Waals surface area contributed by atoms with Crippen LogP contribution >= 0.6 is 24.0 Å². The van der Waals surface area contributed by atoms with Gasteiger partial charge in [-0.25, -0.2) is 17.5 Å². The third kappa shape index (κ3) is 7.72. The summed E-state index contributed by atoms with van der Waals surface area (Å²) in [6, 6.07) is 12.7. The lowest BCUT2D eigenvalue weighted by molar-refractivity contribution is 0.580. The van der Waals surface area contributed by atoms with Gasteiger partial charge in [-0.1, -0.05) is 24.3 Å². The Labute approximate surface area is 183 Å². The number of aliphatic imine (C=N–C) groups is 1. The smallest absolute Gasteiger partial charge is 0.240 e. The van der Waals surface area contributed by atoms with Crippen molar-refractivity contribution in [3.05, 3.63) is 65.5 Å². The maximum Gasteiger partial charge on any atom is 0.240 e. The molecule has 0 aliphatic carbocycles. The van der Waals surface area contributed by atoms with Crippen molar-refractivity contribution in [3.63, 3.8) is 0 Å². The van der Waals surface area contributed by atoms with Crippen molar-refractivity contribution in [2.75, 3.05) is 7.05 Å². The van der Waals surface area contributed by atoms with E-state index in [0.717, 1.165) is 5.56 Å². The molecule has 0 amide bonds. The van der Waals surface area contributed by atoms with Crippen LogP contribution in [0, 0.1) is 5.82 Å². The van der Waals surface area contributed by atoms with Crippen molar-refractivity contribution in [1.82, 2.24) is 15.4 Å². The molecule has 0 spiro atoms. The van der Waals surface area contributed by atoms with Gasteiger partial charge in [-0.3, -0.25) is 4.99 Å². The second-order valence-electron chi connectivity index (χ2n) is 6.33. The van der Waals surface area contributed by atoms with E-state index in [4.69, 9.17) is 0 Å². The van der Waals surface area contributed by atoms with Crippen LogP contribution < -0.4 is 15.4 Å². The minimum absolute atomic E-state index is 0. The van der Waals surface area contributed by atoms with Gasteiger partial charge >= 0.3 is 0 Å². The molecule has 0 saturated heterocycles. The first-order valence-electron chi connectivity index (χ1n) is 8.60. The fourth-order valence-corrected chi connectivity index (χ4v) is 3.47. The number of halogens is 2. The molecular formula is C19H26FIN4O2S. The fourth-order valence-electron chi connectivity index (χ4n) is 2.39. The second-order valence-corrected chi connectivity index (χ2v) is 8.09. The van der Waals surface area contributed by atoms with E-state index in [0.29, 0.717) is 18.1 Å². The summed E-state index contributed by atoms with van der Waals surface area (Å²) < 4.78 is 40.8. The van der Waals surface area contributed by atoms with E-state index in [9.17, 15) is 12.8 Å². The molecular weight excluding hydrogens is 494 g/mol. The number of benzene rings is 2. The SMILES string of the molecule is CN=C(NCc1cccc(S(=O)(=O)NCc2cccc(F)c2)c1)NC(C)C.I. The molecule has 0 heterocycles. The molecule has 0 atom stereocenters. The second kappa shape index (κ2) is 11.3. The van der Waals surface area contributed by atoms with Crippen LogP contribution in [0.25, 0.3) is 0 Å². The summed E-state index contributed by atoms with van der Waals surface area (Å²) in [5.41, 5.74) is 1.36. The first-order chi connectivity index (χ1) is 12.8. The zero-order valence-corrected chi connectivity index (χ0v) is 19.2. The average molecular weight is 520 g/mol. The van der Waals surface area contributed by atoms with Gasteiger partial charge in [0.1, 0.15) is 5.82 Å². The number of guanidine groups is 1. The largest absolute Gasteiger partial charge is 0.354 e. The van der Waals surface area contributed by atoms with Gasteiger partial charge in [0.05, 0.1) is 4.90 Å². The Morgan fingerprint density at radius 1 is 1.07 bits per heavy atom. The van der Waals surface area contributed by atoms with E-state index in [1.165, 1.54) is 18.2 Å². The minimum atomic E-state index is -3.70. The average Bonchev–Trinajstić information content (AvgIpc) is 2.63. The Hall–Kier alpha value is -1.72. The maximum absolute atomic E-state index is 13.2. The standard InChI is InChI=1S/C19H25FN4O2S.HI/c1-14(2)24-19(21-3)22-12-16-7-5-9-18(11-16)27(25,26)23-13-15-6-4-8-17(20)10-15;/h4-11,14,23H,12-13H2,1-3H3,(H2,21,22,24);1H. The predicted molar refractivity (Wildman–Crippen MR) is 121 cm³/mol. The van der Waals surface area contributed by atoms with Crippen LogP contribution in [0.15, 0.2) is 58.4 Å². The van der Waals surface area contributed by atoms with Gasteiger partial charge in [-0.05, 0) is 49.2 Å². The Morgan fingerprint density at radius 2 is 1.71 bits per heavy atom. The van der Waals surface area contributed by atoms with Gasteiger partial charge < -0.3 is 10.6 Å². The van der Waals surface area contributed by atoms with Crippen LogP contribution in [0.3, 0.4) is 0 Å². The molecule has 9 heteroatoms. The molecule has 0 aliphatic rings. The molecule has 28 heavy (non-hydrogen) atoms. The fraction of sp³-hybridized carbons (Fsp3) is 0.316. The van der Waals surface area contributed by atoms with E-state index >= 15 is 0 Å². The Morgan fingerprint density at radius 3 is 2.32 bits per heavy atom. The van der Waals surface area contributed by atoms with E-state index in [-0.39, 0.29) is 41.5 Å². The van der Waals surface area contributed by atoms with Gasteiger partial charge in [-0.15, -0.1) is 24.0 Å². The molecule has 0 unspecified atom stereocenters. The summed E-state index contributed by atoms with van der Waals surface area (Å²) in [4.78, 5) is 4.28. The van der Waals surface area contributed by atoms with Crippen LogP contribution in [0.4, 0.5) is 4.39 Å². The van der Waals surface area contributed by atoms with E-state index in [2.05, 4.69) is 20.3 Å². The zero-order chi connectivity index (χ0) is 19.9. The monoisotopic (exact) mass is 520 g/mol. The van der Waals surface area contributed by atoms with E-state index in [1.54, 1.807) is 31.3 Å². The van der Waals surface area contributed by atoms with Crippen molar-refractivity contribution in [3.8, 4) is 0 Å². The van der Waals surface area contributed by atoms with Crippen molar-refractivity contribution < 1.29 is 12.8 Å². The molecule has 0 bridgehead atoms. The van der Waals surface area contributed by atoms with E-state index < -0.39 is 15.8 Å². The van der Waals surface area contributed by atoms with Crippen LogP contribution in [0.1, 0.15) is 25.0 Å². The van der Waals surface area contributed by atoms with Crippen molar-refractivity contribution in [1.29, 1.82) is 0 Å². The first-order valence-corrected chi connectivity index (χ1v) is 10.1. The first kappa shape index (κ1) is 24.3. The molecule has 0 radical (unpaired) electrons. The Kier molecular flexibility index (Phi) is 9.83. The Bertz CT molecular complexity index is 904. The van der Waals surface area contributed by atoms with Crippen LogP contribution in [0.5, 0.6) is 0 Å². The highest BCUT2D eigenvalue weighted by Crippen LogP contribution is 2.13. The lowest BCUT2D eigenvalue weighted by Gasteiger charge is -2.15. The number of rotatable bonds is 7. The molecule has 0 fully saturated rings. The quantitative estimate of drug-likeness (QED) is 0.298. The maximum atomic E-state index is 13.2. The molecule has 0 aromatic heterocycles. The molecule has 2 aromatic carbocycles. The van der Waals surface area contributed by atoms with Gasteiger partial charge in [-0.2, -0.15) is 0 Å². The van der Waals surface area contributed by atoms with Gasteiger partial charge in [0.25, 0.3) is 0 Å². The van der Waals surface area contributed by atoms with Crippen LogP contribution in [-0.4, -0.2) is 27.5 Å². The molecule has 0 aliphatic heterocycles. The molecule has 2 rings (SSSR count). The third-order valence-corrected chi connectivity index (χ3v) is 5.07. The summed E-state index contributed by atoms with van der Waals surface area (Å²) in [6.07, 6.45) is 0. The lowest BCUT2D eigenvalue weighted by Crippen LogP contribution is -2.40. The molecule has 0 saturated carbocycles. The minimum Gasteiger partial charge on any atom is -0.354 e. The summed E-state index contributed by atoms with van der Waals surface area (Å²) in [7, 11) is -2.03. The number of nitrogens with zero attached hydrogens (tertiary/aromatic N) is 1. The molecule has 3 N–H and O–H groups in total. The summed E-state index contributed by atoms with van der Waals surface area (Å²) >= 11 is 0. The highest BCUT2D eigenvalue weighted by atomic mass is 127. The molecule has 154 valence electrons. The predicted octanol–water partition coefficient (Wildman–Crippen LogP) is 3.00. The number of nitrogens with one attached hydrogen (secondary N) is 3. The molecule has 2 aromatic rings. The summed E-state index contributed by atoms with van der Waals surface area (Å²) in [5, 5.41) is 6.31. The van der Waals surface area contributed by atoms with Gasteiger partial charge in [0, 0.05) is 26.2 Å². The highest BCUT2D eigenvalue weighted by Gasteiger charge is 2.14. The Balaban J connectivity index is 0.00000392. The highest BCUT2D eigenvalue weighted by molar-refractivity contribution is 14.0. The van der Waals surface area contributed by atoms with Gasteiger partial charge in [0.2, 0.25) is 10.0 Å². The van der Waals surface area contributed by atoms with E-state index in [1.807, 2.05) is 19.9 Å². The normalized spacial score (nSPS) is 11.8. The topological polar surface area (TPSA) is 82.6 Å². The van der Waals surface area contributed by atoms with Crippen LogP contribution in [0.2, 0.25) is 0 Å². The number of hydrogen-bond acceptors (Lipinski definition) is 3. The van der Waals surface area contributed by atoms with Crippen molar-refractivity contribution in [2.24, 2.45) is 4.99 Å². The van der Waals surface area contributed by atoms with Crippen molar-refractivity contribution in [2.45, 2.75) is 37.9 Å².